The van der Waals surface area contributed by atoms with Gasteiger partial charge >= 0.3 is 5.97 Å². The fourth-order valence-electron chi connectivity index (χ4n) is 2.02. The second-order valence-corrected chi connectivity index (χ2v) is 7.09. The summed E-state index contributed by atoms with van der Waals surface area (Å²) in [6, 6.07) is 3.50. The van der Waals surface area contributed by atoms with E-state index in [1.54, 1.807) is 12.1 Å². The minimum absolute atomic E-state index is 0.0371. The molecule has 2 aromatic rings. The third kappa shape index (κ3) is 3.30. The number of aromatic nitrogens is 2. The first kappa shape index (κ1) is 16.5. The number of benzene rings is 1. The zero-order chi connectivity index (χ0) is 15.8. The maximum atomic E-state index is 10.8. The van der Waals surface area contributed by atoms with Gasteiger partial charge in [-0.15, -0.1) is 0 Å². The van der Waals surface area contributed by atoms with Crippen molar-refractivity contribution in [3.8, 4) is 0 Å². The number of aliphatic carboxylic acids is 1. The molecule has 0 saturated heterocycles. The van der Waals surface area contributed by atoms with Crippen LogP contribution in [-0.4, -0.2) is 26.4 Å². The van der Waals surface area contributed by atoms with Gasteiger partial charge in [0.25, 0.3) is 0 Å². The Labute approximate surface area is 137 Å². The molecule has 0 radical (unpaired) electrons. The van der Waals surface area contributed by atoms with Crippen molar-refractivity contribution >= 4 is 52.0 Å². The molecule has 7 heteroatoms. The first-order valence-corrected chi connectivity index (χ1v) is 8.23. The van der Waals surface area contributed by atoms with Gasteiger partial charge in [-0.05, 0) is 32.4 Å². The Hall–Kier alpha value is -0.910. The van der Waals surface area contributed by atoms with Crippen LogP contribution in [0.3, 0.4) is 0 Å². The summed E-state index contributed by atoms with van der Waals surface area (Å²) in [5, 5.41) is 10.5. The molecule has 0 spiro atoms. The zero-order valence-corrected chi connectivity index (χ0v) is 14.3. The molecule has 0 fully saturated rings. The number of carbonyl (C=O) groups is 1. The number of rotatable bonds is 5. The number of hydrogen-bond donors (Lipinski definition) is 1. The number of hydrogen-bond acceptors (Lipinski definition) is 3. The molecule has 0 atom stereocenters. The zero-order valence-electron chi connectivity index (χ0n) is 12.0. The van der Waals surface area contributed by atoms with Gasteiger partial charge in [0.1, 0.15) is 0 Å². The molecule has 0 aliphatic heterocycles. The van der Waals surface area contributed by atoms with Crippen LogP contribution >= 0.6 is 35.0 Å². The molecule has 0 aliphatic rings. The summed E-state index contributed by atoms with van der Waals surface area (Å²) in [7, 11) is 0. The first-order chi connectivity index (χ1) is 9.76. The van der Waals surface area contributed by atoms with E-state index in [1.807, 2.05) is 4.57 Å². The molecule has 1 heterocycles. The predicted molar refractivity (Wildman–Crippen MR) is 87.7 cm³/mol. The Balaban J connectivity index is 2.66. The van der Waals surface area contributed by atoms with Crippen molar-refractivity contribution in [2.75, 3.05) is 5.75 Å². The predicted octanol–water partition coefficient (Wildman–Crippen LogP) is 4.66. The molecular formula is C14H16Cl2N2O2S. The van der Waals surface area contributed by atoms with Gasteiger partial charge in [0.05, 0.1) is 26.8 Å². The first-order valence-electron chi connectivity index (χ1n) is 6.49. The van der Waals surface area contributed by atoms with Crippen LogP contribution in [0.5, 0.6) is 0 Å². The van der Waals surface area contributed by atoms with E-state index in [0.29, 0.717) is 15.2 Å². The van der Waals surface area contributed by atoms with Gasteiger partial charge in [-0.2, -0.15) is 0 Å². The van der Waals surface area contributed by atoms with E-state index in [1.165, 1.54) is 11.8 Å². The SMILES string of the molecule is CCC(C)(C)n1c(SCC(=O)O)nc2cc(Cl)c(Cl)cc21. The summed E-state index contributed by atoms with van der Waals surface area (Å²) in [5.41, 5.74) is 1.38. The Kier molecular flexibility index (Phi) is 4.76. The largest absolute Gasteiger partial charge is 0.481 e. The molecule has 0 aliphatic carbocycles. The number of fused-ring (bicyclic) bond motifs is 1. The molecule has 4 nitrogen and oxygen atoms in total. The van der Waals surface area contributed by atoms with Crippen LogP contribution in [0.4, 0.5) is 0 Å². The lowest BCUT2D eigenvalue weighted by molar-refractivity contribution is -0.133. The lowest BCUT2D eigenvalue weighted by Gasteiger charge is -2.27. The van der Waals surface area contributed by atoms with Crippen LogP contribution in [0.1, 0.15) is 27.2 Å². The van der Waals surface area contributed by atoms with Crippen molar-refractivity contribution in [3.05, 3.63) is 22.2 Å². The topological polar surface area (TPSA) is 55.1 Å². The standard InChI is InChI=1S/C14H16Cl2N2O2S/c1-4-14(2,3)18-11-6-9(16)8(15)5-10(11)17-13(18)21-7-12(19)20/h5-6H,4,7H2,1-3H3,(H,19,20). The second kappa shape index (κ2) is 6.07. The van der Waals surface area contributed by atoms with Crippen LogP contribution in [0, 0.1) is 0 Å². The van der Waals surface area contributed by atoms with E-state index in [4.69, 9.17) is 28.3 Å². The molecule has 0 unspecified atom stereocenters. The van der Waals surface area contributed by atoms with Gasteiger partial charge in [0.15, 0.2) is 5.16 Å². The van der Waals surface area contributed by atoms with E-state index in [2.05, 4.69) is 25.8 Å². The molecule has 0 saturated carbocycles. The van der Waals surface area contributed by atoms with Gasteiger partial charge in [0.2, 0.25) is 0 Å². The Morgan fingerprint density at radius 2 is 2.00 bits per heavy atom. The molecule has 114 valence electrons. The Morgan fingerprint density at radius 3 is 2.57 bits per heavy atom. The van der Waals surface area contributed by atoms with Crippen molar-refractivity contribution in [1.82, 2.24) is 9.55 Å². The van der Waals surface area contributed by atoms with Crippen LogP contribution < -0.4 is 0 Å². The normalized spacial score (nSPS) is 12.0. The maximum absolute atomic E-state index is 10.8. The maximum Gasteiger partial charge on any atom is 0.313 e. The van der Waals surface area contributed by atoms with E-state index < -0.39 is 5.97 Å². The summed E-state index contributed by atoms with van der Waals surface area (Å²) in [6.45, 7) is 6.25. The highest BCUT2D eigenvalue weighted by Gasteiger charge is 2.25. The quantitative estimate of drug-likeness (QED) is 0.799. The van der Waals surface area contributed by atoms with Crippen molar-refractivity contribution in [3.63, 3.8) is 0 Å². The highest BCUT2D eigenvalue weighted by molar-refractivity contribution is 7.99. The van der Waals surface area contributed by atoms with Crippen molar-refractivity contribution in [1.29, 1.82) is 0 Å². The van der Waals surface area contributed by atoms with Crippen LogP contribution in [-0.2, 0) is 10.3 Å². The third-order valence-corrected chi connectivity index (χ3v) is 5.11. The average Bonchev–Trinajstić information content (AvgIpc) is 2.75. The lowest BCUT2D eigenvalue weighted by Crippen LogP contribution is -2.26. The van der Waals surface area contributed by atoms with Gasteiger partial charge in [-0.25, -0.2) is 4.98 Å². The van der Waals surface area contributed by atoms with Crippen molar-refractivity contribution in [2.24, 2.45) is 0 Å². The summed E-state index contributed by atoms with van der Waals surface area (Å²) < 4.78 is 2.04. The number of halogens is 2. The number of thioether (sulfide) groups is 1. The molecule has 0 bridgehead atoms. The monoisotopic (exact) mass is 346 g/mol. The van der Waals surface area contributed by atoms with Crippen LogP contribution in [0.25, 0.3) is 11.0 Å². The summed E-state index contributed by atoms with van der Waals surface area (Å²) in [5.74, 6) is -0.908. The molecular weight excluding hydrogens is 331 g/mol. The number of carboxylic acids is 1. The molecule has 1 aromatic carbocycles. The molecule has 2 rings (SSSR count). The van der Waals surface area contributed by atoms with Gasteiger partial charge in [-0.1, -0.05) is 41.9 Å². The fourth-order valence-corrected chi connectivity index (χ4v) is 3.22. The highest BCUT2D eigenvalue weighted by atomic mass is 35.5. The Bertz CT molecular complexity index is 698. The summed E-state index contributed by atoms with van der Waals surface area (Å²) in [6.07, 6.45) is 0.874. The molecule has 1 aromatic heterocycles. The van der Waals surface area contributed by atoms with E-state index in [-0.39, 0.29) is 11.3 Å². The number of nitrogens with zero attached hydrogens (tertiary/aromatic N) is 2. The smallest absolute Gasteiger partial charge is 0.313 e. The average molecular weight is 347 g/mol. The molecule has 1 N–H and O–H groups in total. The van der Waals surface area contributed by atoms with Crippen molar-refractivity contribution < 1.29 is 9.90 Å². The highest BCUT2D eigenvalue weighted by Crippen LogP contribution is 2.36. The van der Waals surface area contributed by atoms with Gasteiger partial charge < -0.3 is 9.67 Å². The molecule has 21 heavy (non-hydrogen) atoms. The van der Waals surface area contributed by atoms with Gasteiger partial charge in [-0.3, -0.25) is 4.79 Å². The molecule has 0 amide bonds. The van der Waals surface area contributed by atoms with Crippen molar-refractivity contribution in [2.45, 2.75) is 37.9 Å². The van der Waals surface area contributed by atoms with Gasteiger partial charge in [0, 0.05) is 5.54 Å². The van der Waals surface area contributed by atoms with E-state index in [0.717, 1.165) is 17.5 Å². The summed E-state index contributed by atoms with van der Waals surface area (Å²) >= 11 is 13.4. The summed E-state index contributed by atoms with van der Waals surface area (Å²) in [4.78, 5) is 15.3. The Morgan fingerprint density at radius 1 is 1.38 bits per heavy atom. The minimum Gasteiger partial charge on any atom is -0.481 e. The number of carboxylic acid groups (broad SMARTS) is 1. The third-order valence-electron chi connectivity index (χ3n) is 3.46. The van der Waals surface area contributed by atoms with Crippen LogP contribution in [0.2, 0.25) is 10.0 Å². The lowest BCUT2D eigenvalue weighted by atomic mass is 10.0. The van der Waals surface area contributed by atoms with E-state index >= 15 is 0 Å². The van der Waals surface area contributed by atoms with E-state index in [9.17, 15) is 4.79 Å². The van der Waals surface area contributed by atoms with Crippen LogP contribution in [0.15, 0.2) is 17.3 Å². The number of imidazole rings is 1. The second-order valence-electron chi connectivity index (χ2n) is 5.33. The fraction of sp³-hybridized carbons (Fsp3) is 0.429. The minimum atomic E-state index is -0.871.